The molecule has 2 heterocycles. The molecule has 0 radical (unpaired) electrons. The number of carbonyl (C=O) groups is 1. The standard InChI is InChI=1S/C18H18N2O2S/c1-4-13-5-7-14(8-6-13)15-9-23-17-16(15)18(22)20(10-19-17)11(2)12(3)21/h5-11H,4H2,1-3H3. The molecule has 0 bridgehead atoms. The first-order chi connectivity index (χ1) is 11.0. The van der Waals surface area contributed by atoms with Crippen LogP contribution in [0.1, 0.15) is 32.4 Å². The highest BCUT2D eigenvalue weighted by Gasteiger charge is 2.17. The van der Waals surface area contributed by atoms with Gasteiger partial charge in [0, 0.05) is 10.9 Å². The van der Waals surface area contributed by atoms with Crippen molar-refractivity contribution < 1.29 is 4.79 Å². The summed E-state index contributed by atoms with van der Waals surface area (Å²) >= 11 is 1.45. The smallest absolute Gasteiger partial charge is 0.263 e. The summed E-state index contributed by atoms with van der Waals surface area (Å²) in [4.78, 5) is 29.5. The highest BCUT2D eigenvalue weighted by Crippen LogP contribution is 2.31. The van der Waals surface area contributed by atoms with E-state index in [9.17, 15) is 9.59 Å². The fourth-order valence-electron chi connectivity index (χ4n) is 2.55. The van der Waals surface area contributed by atoms with E-state index in [1.165, 1.54) is 34.7 Å². The number of benzene rings is 1. The maximum Gasteiger partial charge on any atom is 0.263 e. The van der Waals surface area contributed by atoms with Gasteiger partial charge in [0.25, 0.3) is 5.56 Å². The number of aryl methyl sites for hydroxylation is 1. The predicted molar refractivity (Wildman–Crippen MR) is 94.1 cm³/mol. The maximum atomic E-state index is 12.8. The van der Waals surface area contributed by atoms with E-state index >= 15 is 0 Å². The van der Waals surface area contributed by atoms with Gasteiger partial charge in [0.15, 0.2) is 5.78 Å². The molecule has 0 amide bonds. The molecule has 0 fully saturated rings. The van der Waals surface area contributed by atoms with Crippen LogP contribution in [-0.4, -0.2) is 15.3 Å². The van der Waals surface area contributed by atoms with Gasteiger partial charge in [-0.3, -0.25) is 14.2 Å². The van der Waals surface area contributed by atoms with E-state index in [1.807, 2.05) is 17.5 Å². The first kappa shape index (κ1) is 15.6. The van der Waals surface area contributed by atoms with Crippen LogP contribution in [0.5, 0.6) is 0 Å². The highest BCUT2D eigenvalue weighted by atomic mass is 32.1. The molecule has 0 aliphatic carbocycles. The number of fused-ring (bicyclic) bond motifs is 1. The maximum absolute atomic E-state index is 12.8. The normalized spacial score (nSPS) is 12.5. The largest absolute Gasteiger partial charge is 0.298 e. The summed E-state index contributed by atoms with van der Waals surface area (Å²) in [7, 11) is 0. The SMILES string of the molecule is CCc1ccc(-c2csc3ncn(C(C)C(C)=O)c(=O)c23)cc1. The predicted octanol–water partition coefficient (Wildman–Crippen LogP) is 3.84. The van der Waals surface area contributed by atoms with Crippen molar-refractivity contribution >= 4 is 27.3 Å². The van der Waals surface area contributed by atoms with Crippen LogP contribution in [-0.2, 0) is 11.2 Å². The Bertz CT molecular complexity index is 922. The van der Waals surface area contributed by atoms with Crippen LogP contribution in [0.15, 0.2) is 40.8 Å². The topological polar surface area (TPSA) is 52.0 Å². The first-order valence-corrected chi connectivity index (χ1v) is 8.49. The van der Waals surface area contributed by atoms with E-state index in [1.54, 1.807) is 6.92 Å². The van der Waals surface area contributed by atoms with Crippen molar-refractivity contribution in [2.24, 2.45) is 0 Å². The van der Waals surface area contributed by atoms with Crippen molar-refractivity contribution in [2.75, 3.05) is 0 Å². The monoisotopic (exact) mass is 326 g/mol. The molecular formula is C18H18N2O2S. The Balaban J connectivity index is 2.20. The third-order valence-corrected chi connectivity index (χ3v) is 5.08. The molecule has 5 heteroatoms. The van der Waals surface area contributed by atoms with Gasteiger partial charge in [-0.25, -0.2) is 4.98 Å². The zero-order valence-electron chi connectivity index (χ0n) is 13.4. The van der Waals surface area contributed by atoms with E-state index in [4.69, 9.17) is 0 Å². The fourth-order valence-corrected chi connectivity index (χ4v) is 3.46. The van der Waals surface area contributed by atoms with E-state index < -0.39 is 6.04 Å². The van der Waals surface area contributed by atoms with Crippen LogP contribution in [0.3, 0.4) is 0 Å². The molecule has 23 heavy (non-hydrogen) atoms. The van der Waals surface area contributed by atoms with Crippen molar-refractivity contribution in [1.82, 2.24) is 9.55 Å². The summed E-state index contributed by atoms with van der Waals surface area (Å²) in [6.45, 7) is 5.32. The quantitative estimate of drug-likeness (QED) is 0.732. The van der Waals surface area contributed by atoms with E-state index in [0.717, 1.165) is 17.5 Å². The van der Waals surface area contributed by atoms with Crippen molar-refractivity contribution in [2.45, 2.75) is 33.2 Å². The lowest BCUT2D eigenvalue weighted by molar-refractivity contribution is -0.119. The van der Waals surface area contributed by atoms with Crippen molar-refractivity contribution in [3.8, 4) is 11.1 Å². The van der Waals surface area contributed by atoms with E-state index in [0.29, 0.717) is 10.2 Å². The zero-order valence-corrected chi connectivity index (χ0v) is 14.2. The third kappa shape index (κ3) is 2.72. The molecule has 0 saturated carbocycles. The molecule has 0 aliphatic rings. The van der Waals surface area contributed by atoms with Crippen LogP contribution in [0, 0.1) is 0 Å². The van der Waals surface area contributed by atoms with Crippen LogP contribution < -0.4 is 5.56 Å². The zero-order chi connectivity index (χ0) is 16.6. The fraction of sp³-hybridized carbons (Fsp3) is 0.278. The number of carbonyl (C=O) groups excluding carboxylic acids is 1. The lowest BCUT2D eigenvalue weighted by Gasteiger charge is -2.11. The van der Waals surface area contributed by atoms with Gasteiger partial charge < -0.3 is 0 Å². The third-order valence-electron chi connectivity index (χ3n) is 4.20. The summed E-state index contributed by atoms with van der Waals surface area (Å²) in [5.74, 6) is -0.0580. The van der Waals surface area contributed by atoms with Gasteiger partial charge in [-0.05, 0) is 31.4 Å². The van der Waals surface area contributed by atoms with Gasteiger partial charge in [0.1, 0.15) is 4.83 Å². The Morgan fingerprint density at radius 1 is 1.30 bits per heavy atom. The molecule has 0 aliphatic heterocycles. The molecule has 1 aromatic carbocycles. The van der Waals surface area contributed by atoms with Crippen LogP contribution in [0.25, 0.3) is 21.3 Å². The number of ketones is 1. The Morgan fingerprint density at radius 3 is 2.61 bits per heavy atom. The lowest BCUT2D eigenvalue weighted by atomic mass is 10.0. The Kier molecular flexibility index (Phi) is 4.13. The van der Waals surface area contributed by atoms with Crippen molar-refractivity contribution in [3.05, 3.63) is 51.9 Å². The van der Waals surface area contributed by atoms with Crippen molar-refractivity contribution in [1.29, 1.82) is 0 Å². The summed E-state index contributed by atoms with van der Waals surface area (Å²) in [6, 6.07) is 7.71. The molecule has 0 saturated heterocycles. The summed E-state index contributed by atoms with van der Waals surface area (Å²) in [6.07, 6.45) is 2.45. The molecule has 0 spiro atoms. The number of Topliss-reactive ketones (excluding diaryl/α,β-unsaturated/α-hetero) is 1. The summed E-state index contributed by atoms with van der Waals surface area (Å²) in [5.41, 5.74) is 2.98. The summed E-state index contributed by atoms with van der Waals surface area (Å²) < 4.78 is 1.42. The number of rotatable bonds is 4. The second-order valence-electron chi connectivity index (χ2n) is 5.62. The molecule has 3 rings (SSSR count). The number of nitrogens with zero attached hydrogens (tertiary/aromatic N) is 2. The molecule has 1 atom stereocenters. The van der Waals surface area contributed by atoms with Crippen LogP contribution >= 0.6 is 11.3 Å². The molecule has 0 N–H and O–H groups in total. The van der Waals surface area contributed by atoms with Crippen LogP contribution in [0.4, 0.5) is 0 Å². The second kappa shape index (κ2) is 6.08. The minimum absolute atomic E-state index is 0.0580. The van der Waals surface area contributed by atoms with Crippen LogP contribution in [0.2, 0.25) is 0 Å². The number of hydrogen-bond donors (Lipinski definition) is 0. The average Bonchev–Trinajstić information content (AvgIpc) is 2.99. The van der Waals surface area contributed by atoms with Crippen molar-refractivity contribution in [3.63, 3.8) is 0 Å². The Morgan fingerprint density at radius 2 is 2.00 bits per heavy atom. The summed E-state index contributed by atoms with van der Waals surface area (Å²) in [5, 5.41) is 2.55. The van der Waals surface area contributed by atoms with Gasteiger partial charge in [-0.15, -0.1) is 11.3 Å². The number of aromatic nitrogens is 2. The number of hydrogen-bond acceptors (Lipinski definition) is 4. The molecule has 118 valence electrons. The molecule has 1 unspecified atom stereocenters. The average molecular weight is 326 g/mol. The number of thiophene rings is 1. The molecular weight excluding hydrogens is 308 g/mol. The first-order valence-electron chi connectivity index (χ1n) is 7.61. The lowest BCUT2D eigenvalue weighted by Crippen LogP contribution is -2.27. The minimum Gasteiger partial charge on any atom is -0.298 e. The molecule has 4 nitrogen and oxygen atoms in total. The highest BCUT2D eigenvalue weighted by molar-refractivity contribution is 7.17. The van der Waals surface area contributed by atoms with Gasteiger partial charge in [0.2, 0.25) is 0 Å². The van der Waals surface area contributed by atoms with Gasteiger partial charge in [-0.1, -0.05) is 31.2 Å². The van der Waals surface area contributed by atoms with E-state index in [-0.39, 0.29) is 11.3 Å². The van der Waals surface area contributed by atoms with Gasteiger partial charge in [-0.2, -0.15) is 0 Å². The minimum atomic E-state index is -0.505. The Hall–Kier alpha value is -2.27. The molecule has 3 aromatic rings. The Labute approximate surface area is 138 Å². The van der Waals surface area contributed by atoms with Gasteiger partial charge in [0.05, 0.1) is 17.8 Å². The molecule has 2 aromatic heterocycles. The second-order valence-corrected chi connectivity index (χ2v) is 6.48. The van der Waals surface area contributed by atoms with E-state index in [2.05, 4.69) is 24.0 Å². The van der Waals surface area contributed by atoms with Gasteiger partial charge >= 0.3 is 0 Å².